The number of halogens is 3. The van der Waals surface area contributed by atoms with Gasteiger partial charge in [-0.15, -0.1) is 0 Å². The monoisotopic (exact) mass is 310 g/mol. The summed E-state index contributed by atoms with van der Waals surface area (Å²) in [7, 11) is -3.70. The summed E-state index contributed by atoms with van der Waals surface area (Å²) in [5.41, 5.74) is 6.70. The predicted molar refractivity (Wildman–Crippen MR) is 70.7 cm³/mol. The molecule has 0 atom stereocenters. The van der Waals surface area contributed by atoms with Crippen molar-refractivity contribution in [2.75, 3.05) is 12.3 Å². The Kier molecular flexibility index (Phi) is 5.41. The molecule has 0 bridgehead atoms. The van der Waals surface area contributed by atoms with Gasteiger partial charge in [0, 0.05) is 18.7 Å². The van der Waals surface area contributed by atoms with Crippen molar-refractivity contribution in [1.82, 2.24) is 4.72 Å². The van der Waals surface area contributed by atoms with Crippen molar-refractivity contribution in [3.8, 4) is 0 Å². The van der Waals surface area contributed by atoms with E-state index in [4.69, 9.17) is 5.73 Å². The first-order chi connectivity index (χ1) is 9.12. The number of nitrogen functional groups attached to an aromatic ring is 1. The first-order valence-corrected chi connectivity index (χ1v) is 7.53. The van der Waals surface area contributed by atoms with E-state index in [9.17, 15) is 21.6 Å². The van der Waals surface area contributed by atoms with Crippen LogP contribution in [0, 0.1) is 6.92 Å². The van der Waals surface area contributed by atoms with Crippen LogP contribution < -0.4 is 10.5 Å². The van der Waals surface area contributed by atoms with E-state index in [1.54, 1.807) is 6.92 Å². The Morgan fingerprint density at radius 1 is 1.25 bits per heavy atom. The highest BCUT2D eigenvalue weighted by atomic mass is 32.2. The number of hydrogen-bond donors (Lipinski definition) is 2. The topological polar surface area (TPSA) is 72.2 Å². The van der Waals surface area contributed by atoms with Crippen molar-refractivity contribution in [3.05, 3.63) is 23.8 Å². The molecular weight excluding hydrogens is 293 g/mol. The molecule has 0 heterocycles. The van der Waals surface area contributed by atoms with Crippen LogP contribution in [0.25, 0.3) is 0 Å². The van der Waals surface area contributed by atoms with Gasteiger partial charge in [-0.05, 0) is 43.5 Å². The molecule has 4 nitrogen and oxygen atoms in total. The van der Waals surface area contributed by atoms with Gasteiger partial charge in [0.05, 0.1) is 4.90 Å². The van der Waals surface area contributed by atoms with Gasteiger partial charge in [0.25, 0.3) is 0 Å². The predicted octanol–water partition coefficient (Wildman–Crippen LogP) is 2.59. The minimum Gasteiger partial charge on any atom is -0.399 e. The molecule has 0 fully saturated rings. The minimum absolute atomic E-state index is 0.0260. The summed E-state index contributed by atoms with van der Waals surface area (Å²) in [5, 5.41) is 0. The zero-order valence-electron chi connectivity index (χ0n) is 11.0. The van der Waals surface area contributed by atoms with Gasteiger partial charge in [0.1, 0.15) is 0 Å². The molecule has 20 heavy (non-hydrogen) atoms. The number of aryl methyl sites for hydroxylation is 1. The molecule has 8 heteroatoms. The third-order valence-electron chi connectivity index (χ3n) is 2.73. The van der Waals surface area contributed by atoms with Crippen molar-refractivity contribution < 1.29 is 21.6 Å². The first kappa shape index (κ1) is 16.8. The van der Waals surface area contributed by atoms with Gasteiger partial charge in [0.15, 0.2) is 0 Å². The van der Waals surface area contributed by atoms with Crippen molar-refractivity contribution in [2.24, 2.45) is 0 Å². The number of nitrogens with two attached hydrogens (primary N) is 1. The Morgan fingerprint density at radius 3 is 2.45 bits per heavy atom. The lowest BCUT2D eigenvalue weighted by Crippen LogP contribution is -2.25. The van der Waals surface area contributed by atoms with Crippen LogP contribution in [0.2, 0.25) is 0 Å². The van der Waals surface area contributed by atoms with Gasteiger partial charge in [-0.25, -0.2) is 13.1 Å². The second kappa shape index (κ2) is 6.45. The number of benzene rings is 1. The highest BCUT2D eigenvalue weighted by Gasteiger charge is 2.25. The Balaban J connectivity index is 2.52. The normalized spacial score (nSPS) is 12.6. The van der Waals surface area contributed by atoms with Crippen LogP contribution in [0.3, 0.4) is 0 Å². The first-order valence-electron chi connectivity index (χ1n) is 6.04. The van der Waals surface area contributed by atoms with Gasteiger partial charge in [0.2, 0.25) is 10.0 Å². The van der Waals surface area contributed by atoms with Crippen LogP contribution >= 0.6 is 0 Å². The quantitative estimate of drug-likeness (QED) is 0.626. The largest absolute Gasteiger partial charge is 0.399 e. The Hall–Kier alpha value is -1.28. The van der Waals surface area contributed by atoms with Crippen LogP contribution in [0.15, 0.2) is 23.1 Å². The third-order valence-corrected chi connectivity index (χ3v) is 4.19. The second-order valence-electron chi connectivity index (χ2n) is 4.49. The molecule has 0 saturated carbocycles. The van der Waals surface area contributed by atoms with Crippen molar-refractivity contribution in [3.63, 3.8) is 0 Å². The molecule has 0 amide bonds. The van der Waals surface area contributed by atoms with Crippen LogP contribution in [0.5, 0.6) is 0 Å². The number of anilines is 1. The number of rotatable bonds is 6. The van der Waals surface area contributed by atoms with Gasteiger partial charge in [-0.2, -0.15) is 13.2 Å². The number of hydrogen-bond acceptors (Lipinski definition) is 3. The third kappa shape index (κ3) is 5.38. The van der Waals surface area contributed by atoms with Crippen molar-refractivity contribution in [1.29, 1.82) is 0 Å². The molecule has 0 saturated heterocycles. The van der Waals surface area contributed by atoms with Crippen LogP contribution in [-0.4, -0.2) is 21.1 Å². The average molecular weight is 310 g/mol. The van der Waals surface area contributed by atoms with E-state index >= 15 is 0 Å². The number of nitrogens with one attached hydrogen (secondary N) is 1. The summed E-state index contributed by atoms with van der Waals surface area (Å²) in [6.45, 7) is 1.65. The zero-order valence-corrected chi connectivity index (χ0v) is 11.8. The molecule has 0 aliphatic heterocycles. The van der Waals surface area contributed by atoms with Gasteiger partial charge < -0.3 is 5.73 Å². The van der Waals surface area contributed by atoms with Crippen LogP contribution in [-0.2, 0) is 10.0 Å². The summed E-state index contributed by atoms with van der Waals surface area (Å²) in [6.07, 6.45) is -5.08. The molecule has 0 radical (unpaired) electrons. The Morgan fingerprint density at radius 2 is 1.90 bits per heavy atom. The van der Waals surface area contributed by atoms with E-state index in [-0.39, 0.29) is 24.3 Å². The summed E-state index contributed by atoms with van der Waals surface area (Å²) >= 11 is 0. The Bertz CT molecular complexity index is 556. The van der Waals surface area contributed by atoms with Gasteiger partial charge >= 0.3 is 6.18 Å². The number of sulfonamides is 1. The molecule has 0 aliphatic rings. The van der Waals surface area contributed by atoms with E-state index in [0.29, 0.717) is 11.3 Å². The smallest absolute Gasteiger partial charge is 0.389 e. The molecule has 3 N–H and O–H groups in total. The molecule has 0 spiro atoms. The second-order valence-corrected chi connectivity index (χ2v) is 6.26. The number of alkyl halides is 3. The van der Waals surface area contributed by atoms with Gasteiger partial charge in [-0.1, -0.05) is 0 Å². The maximum atomic E-state index is 11.9. The highest BCUT2D eigenvalue weighted by Crippen LogP contribution is 2.22. The van der Waals surface area contributed by atoms with Crippen molar-refractivity contribution in [2.45, 2.75) is 37.3 Å². The van der Waals surface area contributed by atoms with Crippen molar-refractivity contribution >= 4 is 15.7 Å². The standard InChI is InChI=1S/C12H17F3N2O2S/c1-9-8-10(4-5-11(9)16)20(18,19)17-7-3-2-6-12(13,14)15/h4-5,8,17H,2-3,6-7,16H2,1H3. The van der Waals surface area contributed by atoms with Gasteiger partial charge in [-0.3, -0.25) is 0 Å². The maximum absolute atomic E-state index is 11.9. The average Bonchev–Trinajstić information content (AvgIpc) is 2.30. The molecular formula is C12H17F3N2O2S. The lowest BCUT2D eigenvalue weighted by molar-refractivity contribution is -0.135. The minimum atomic E-state index is -4.20. The van der Waals surface area contributed by atoms with E-state index in [2.05, 4.69) is 4.72 Å². The lowest BCUT2D eigenvalue weighted by atomic mass is 10.2. The van der Waals surface area contributed by atoms with E-state index in [0.717, 1.165) is 0 Å². The SMILES string of the molecule is Cc1cc(S(=O)(=O)NCCCCC(F)(F)F)ccc1N. The summed E-state index contributed by atoms with van der Waals surface area (Å²) in [6, 6.07) is 4.27. The summed E-state index contributed by atoms with van der Waals surface area (Å²) in [4.78, 5) is 0.0556. The summed E-state index contributed by atoms with van der Waals surface area (Å²) < 4.78 is 61.8. The molecule has 0 aromatic heterocycles. The Labute approximate surface area is 116 Å². The van der Waals surface area contributed by atoms with E-state index < -0.39 is 22.6 Å². The molecule has 1 rings (SSSR count). The fourth-order valence-electron chi connectivity index (χ4n) is 1.56. The van der Waals surface area contributed by atoms with E-state index in [1.807, 2.05) is 0 Å². The molecule has 1 aromatic rings. The molecule has 0 aliphatic carbocycles. The molecule has 1 aromatic carbocycles. The van der Waals surface area contributed by atoms with E-state index in [1.165, 1.54) is 18.2 Å². The maximum Gasteiger partial charge on any atom is 0.389 e. The van der Waals surface area contributed by atoms with Crippen LogP contribution in [0.1, 0.15) is 24.8 Å². The zero-order chi connectivity index (χ0) is 15.4. The summed E-state index contributed by atoms with van der Waals surface area (Å²) in [5.74, 6) is 0. The fourth-order valence-corrected chi connectivity index (χ4v) is 2.71. The molecule has 0 unspecified atom stereocenters. The molecule has 114 valence electrons. The number of unbranched alkanes of at least 4 members (excludes halogenated alkanes) is 1. The highest BCUT2D eigenvalue weighted by molar-refractivity contribution is 7.89. The fraction of sp³-hybridized carbons (Fsp3) is 0.500. The van der Waals surface area contributed by atoms with Crippen LogP contribution in [0.4, 0.5) is 18.9 Å². The lowest BCUT2D eigenvalue weighted by Gasteiger charge is -2.09.